The highest BCUT2D eigenvalue weighted by Gasteiger charge is 2.12. The molecule has 0 spiro atoms. The zero-order chi connectivity index (χ0) is 11.5. The quantitative estimate of drug-likeness (QED) is 0.830. The molecule has 2 heterocycles. The van der Waals surface area contributed by atoms with Crippen LogP contribution in [-0.4, -0.2) is 19.3 Å². The predicted octanol–water partition coefficient (Wildman–Crippen LogP) is 0.879. The summed E-state index contributed by atoms with van der Waals surface area (Å²) in [6.45, 7) is 2.95. The molecule has 2 N–H and O–H groups in total. The predicted molar refractivity (Wildman–Crippen MR) is 61.7 cm³/mol. The van der Waals surface area contributed by atoms with Gasteiger partial charge in [-0.05, 0) is 18.9 Å². The molecule has 0 aliphatic heterocycles. The molecule has 86 valence electrons. The van der Waals surface area contributed by atoms with E-state index in [0.717, 1.165) is 24.4 Å². The van der Waals surface area contributed by atoms with Gasteiger partial charge in [0.2, 0.25) is 0 Å². The number of rotatable bonds is 4. The second-order valence-corrected chi connectivity index (χ2v) is 3.91. The summed E-state index contributed by atoms with van der Waals surface area (Å²) in [6, 6.07) is -0.0745. The molecule has 0 fully saturated rings. The van der Waals surface area contributed by atoms with Crippen LogP contribution >= 0.6 is 0 Å². The lowest BCUT2D eigenvalue weighted by Gasteiger charge is -2.09. The Morgan fingerprint density at radius 1 is 1.50 bits per heavy atom. The summed E-state index contributed by atoms with van der Waals surface area (Å²) < 4.78 is 3.86. The topological polar surface area (TPSA) is 61.7 Å². The molecule has 0 radical (unpaired) electrons. The maximum Gasteiger partial charge on any atom is 0.125 e. The van der Waals surface area contributed by atoms with Crippen molar-refractivity contribution in [3.63, 3.8) is 0 Å². The molecule has 0 aromatic carbocycles. The van der Waals surface area contributed by atoms with Crippen molar-refractivity contribution in [2.45, 2.75) is 25.9 Å². The van der Waals surface area contributed by atoms with Crippen molar-refractivity contribution in [3.8, 4) is 0 Å². The molecule has 0 aliphatic rings. The first-order valence-electron chi connectivity index (χ1n) is 5.45. The molecule has 1 unspecified atom stereocenters. The summed E-state index contributed by atoms with van der Waals surface area (Å²) in [5.74, 6) is 0.907. The summed E-state index contributed by atoms with van der Waals surface area (Å²) in [5, 5.41) is 4.23. The normalized spacial score (nSPS) is 12.9. The number of nitrogens with zero attached hydrogens (tertiary/aromatic N) is 4. The third-order valence-electron chi connectivity index (χ3n) is 2.66. The minimum Gasteiger partial charge on any atom is -0.337 e. The molecule has 2 aromatic heterocycles. The van der Waals surface area contributed by atoms with E-state index >= 15 is 0 Å². The highest BCUT2D eigenvalue weighted by Crippen LogP contribution is 2.13. The molecule has 0 saturated heterocycles. The van der Waals surface area contributed by atoms with E-state index < -0.39 is 0 Å². The van der Waals surface area contributed by atoms with Crippen molar-refractivity contribution in [2.24, 2.45) is 12.8 Å². The van der Waals surface area contributed by atoms with Gasteiger partial charge in [0.25, 0.3) is 0 Å². The molecule has 16 heavy (non-hydrogen) atoms. The van der Waals surface area contributed by atoms with Crippen molar-refractivity contribution in [3.05, 3.63) is 36.2 Å². The summed E-state index contributed by atoms with van der Waals surface area (Å²) in [7, 11) is 1.96. The minimum atomic E-state index is -0.0745. The smallest absolute Gasteiger partial charge is 0.125 e. The molecular weight excluding hydrogens is 202 g/mol. The number of aryl methyl sites for hydroxylation is 2. The van der Waals surface area contributed by atoms with Gasteiger partial charge in [-0.2, -0.15) is 5.10 Å². The lowest BCUT2D eigenvalue weighted by Crippen LogP contribution is -2.17. The molecule has 0 amide bonds. The lowest BCUT2D eigenvalue weighted by molar-refractivity contribution is 0.629. The Morgan fingerprint density at radius 3 is 2.88 bits per heavy atom. The van der Waals surface area contributed by atoms with Gasteiger partial charge in [0.15, 0.2) is 0 Å². The van der Waals surface area contributed by atoms with Crippen molar-refractivity contribution >= 4 is 0 Å². The number of hydrogen-bond acceptors (Lipinski definition) is 3. The van der Waals surface area contributed by atoms with Gasteiger partial charge in [-0.3, -0.25) is 4.68 Å². The van der Waals surface area contributed by atoms with E-state index in [2.05, 4.69) is 17.0 Å². The Kier molecular flexibility index (Phi) is 3.05. The van der Waals surface area contributed by atoms with Crippen LogP contribution in [0.2, 0.25) is 0 Å². The standard InChI is InChI=1S/C11H17N5/c1-3-16-8-9(7-14-16)6-10(12)11-13-4-5-15(11)2/h4-5,7-8,10H,3,6,12H2,1-2H3. The molecule has 5 nitrogen and oxygen atoms in total. The van der Waals surface area contributed by atoms with E-state index in [4.69, 9.17) is 5.73 Å². The summed E-state index contributed by atoms with van der Waals surface area (Å²) in [5.41, 5.74) is 7.25. The summed E-state index contributed by atoms with van der Waals surface area (Å²) in [6.07, 6.45) is 8.34. The molecule has 2 aromatic rings. The van der Waals surface area contributed by atoms with Crippen LogP contribution in [0, 0.1) is 0 Å². The second kappa shape index (κ2) is 4.49. The van der Waals surface area contributed by atoms with Gasteiger partial charge in [-0.15, -0.1) is 0 Å². The first-order chi connectivity index (χ1) is 7.70. The summed E-state index contributed by atoms with van der Waals surface area (Å²) in [4.78, 5) is 4.25. The Labute approximate surface area is 94.9 Å². The average molecular weight is 219 g/mol. The molecule has 2 rings (SSSR count). The highest BCUT2D eigenvalue weighted by molar-refractivity contribution is 5.10. The monoisotopic (exact) mass is 219 g/mol. The van der Waals surface area contributed by atoms with Gasteiger partial charge in [0.1, 0.15) is 5.82 Å². The van der Waals surface area contributed by atoms with Crippen molar-refractivity contribution in [1.82, 2.24) is 19.3 Å². The number of hydrogen-bond donors (Lipinski definition) is 1. The lowest BCUT2D eigenvalue weighted by atomic mass is 10.1. The number of nitrogens with two attached hydrogens (primary N) is 1. The Morgan fingerprint density at radius 2 is 2.31 bits per heavy atom. The molecule has 0 saturated carbocycles. The number of imidazole rings is 1. The number of aromatic nitrogens is 4. The largest absolute Gasteiger partial charge is 0.337 e. The van der Waals surface area contributed by atoms with Gasteiger partial charge in [-0.1, -0.05) is 0 Å². The molecule has 0 bridgehead atoms. The fraction of sp³-hybridized carbons (Fsp3) is 0.455. The van der Waals surface area contributed by atoms with Crippen LogP contribution in [0.25, 0.3) is 0 Å². The van der Waals surface area contributed by atoms with Crippen molar-refractivity contribution in [1.29, 1.82) is 0 Å². The van der Waals surface area contributed by atoms with Crippen molar-refractivity contribution < 1.29 is 0 Å². The van der Waals surface area contributed by atoms with E-state index in [1.165, 1.54) is 0 Å². The first-order valence-corrected chi connectivity index (χ1v) is 5.45. The zero-order valence-electron chi connectivity index (χ0n) is 9.67. The third-order valence-corrected chi connectivity index (χ3v) is 2.66. The highest BCUT2D eigenvalue weighted by atomic mass is 15.3. The molecule has 1 atom stereocenters. The van der Waals surface area contributed by atoms with Gasteiger partial charge in [-0.25, -0.2) is 4.98 Å². The van der Waals surface area contributed by atoms with Crippen LogP contribution in [0.3, 0.4) is 0 Å². The van der Waals surface area contributed by atoms with Gasteiger partial charge < -0.3 is 10.3 Å². The maximum absolute atomic E-state index is 6.10. The van der Waals surface area contributed by atoms with E-state index in [1.807, 2.05) is 34.9 Å². The van der Waals surface area contributed by atoms with Crippen LogP contribution in [0.5, 0.6) is 0 Å². The molecular formula is C11H17N5. The van der Waals surface area contributed by atoms with E-state index in [0.29, 0.717) is 0 Å². The zero-order valence-corrected chi connectivity index (χ0v) is 9.67. The first kappa shape index (κ1) is 10.9. The van der Waals surface area contributed by atoms with Gasteiger partial charge in [0.05, 0.1) is 12.2 Å². The molecule has 5 heteroatoms. The van der Waals surface area contributed by atoms with E-state index in [9.17, 15) is 0 Å². The fourth-order valence-corrected chi connectivity index (χ4v) is 1.76. The Balaban J connectivity index is 2.07. The van der Waals surface area contributed by atoms with Gasteiger partial charge in [0, 0.05) is 32.2 Å². The van der Waals surface area contributed by atoms with Crippen molar-refractivity contribution in [2.75, 3.05) is 0 Å². The second-order valence-electron chi connectivity index (χ2n) is 3.91. The maximum atomic E-state index is 6.10. The summed E-state index contributed by atoms with van der Waals surface area (Å²) >= 11 is 0. The van der Waals surface area contributed by atoms with Gasteiger partial charge >= 0.3 is 0 Å². The Hall–Kier alpha value is -1.62. The average Bonchev–Trinajstić information content (AvgIpc) is 2.86. The van der Waals surface area contributed by atoms with E-state index in [-0.39, 0.29) is 6.04 Å². The third kappa shape index (κ3) is 2.14. The van der Waals surface area contributed by atoms with Crippen LogP contribution in [0.15, 0.2) is 24.8 Å². The SMILES string of the molecule is CCn1cc(CC(N)c2nccn2C)cn1. The Bertz CT molecular complexity index is 456. The van der Waals surface area contributed by atoms with Crippen LogP contribution < -0.4 is 5.73 Å². The minimum absolute atomic E-state index is 0.0745. The van der Waals surface area contributed by atoms with Crippen LogP contribution in [0.4, 0.5) is 0 Å². The van der Waals surface area contributed by atoms with Crippen LogP contribution in [-0.2, 0) is 20.0 Å². The fourth-order valence-electron chi connectivity index (χ4n) is 1.76. The molecule has 0 aliphatic carbocycles. The van der Waals surface area contributed by atoms with E-state index in [1.54, 1.807) is 6.20 Å². The van der Waals surface area contributed by atoms with Crippen LogP contribution in [0.1, 0.15) is 24.4 Å².